The summed E-state index contributed by atoms with van der Waals surface area (Å²) in [6.45, 7) is 1.92. The fraction of sp³-hybridized carbons (Fsp3) is 0.250. The van der Waals surface area contributed by atoms with E-state index in [4.69, 9.17) is 5.84 Å². The van der Waals surface area contributed by atoms with E-state index >= 15 is 0 Å². The number of anilines is 2. The molecule has 2 heterocycles. The lowest BCUT2D eigenvalue weighted by molar-refractivity contribution is 0.102. The van der Waals surface area contributed by atoms with Crippen molar-refractivity contribution >= 4 is 17.4 Å². The number of nitrogens with zero attached hydrogens (tertiary/aromatic N) is 3. The Morgan fingerprint density at radius 2 is 2.30 bits per heavy atom. The Hall–Kier alpha value is -2.48. The number of hydrazine groups is 1. The molecule has 0 aromatic carbocycles. The SMILES string of the molecule is CCc1nn(C)cc1NC(=O)c1ccnc(NN)c1F. The molecule has 20 heavy (non-hydrogen) atoms. The van der Waals surface area contributed by atoms with Gasteiger partial charge in [0.25, 0.3) is 5.91 Å². The topological polar surface area (TPSA) is 97.9 Å². The van der Waals surface area contributed by atoms with Crippen LogP contribution in [0, 0.1) is 5.82 Å². The molecule has 8 heteroatoms. The minimum Gasteiger partial charge on any atom is -0.319 e. The van der Waals surface area contributed by atoms with E-state index in [1.54, 1.807) is 17.9 Å². The average molecular weight is 278 g/mol. The van der Waals surface area contributed by atoms with E-state index in [1.807, 2.05) is 6.92 Å². The van der Waals surface area contributed by atoms with E-state index in [0.717, 1.165) is 5.69 Å². The highest BCUT2D eigenvalue weighted by atomic mass is 19.1. The number of carbonyl (C=O) groups excluding carboxylic acids is 1. The number of aryl methyl sites for hydroxylation is 2. The van der Waals surface area contributed by atoms with Crippen LogP contribution in [-0.4, -0.2) is 20.7 Å². The number of pyridine rings is 1. The fourth-order valence-corrected chi connectivity index (χ4v) is 1.81. The molecular weight excluding hydrogens is 263 g/mol. The van der Waals surface area contributed by atoms with Gasteiger partial charge in [-0.05, 0) is 12.5 Å². The van der Waals surface area contributed by atoms with Crippen molar-refractivity contribution in [1.29, 1.82) is 0 Å². The molecule has 0 atom stereocenters. The van der Waals surface area contributed by atoms with Gasteiger partial charge in [0.1, 0.15) is 0 Å². The number of nitrogens with two attached hydrogens (primary N) is 1. The molecule has 0 bridgehead atoms. The summed E-state index contributed by atoms with van der Waals surface area (Å²) in [5, 5.41) is 6.83. The maximum absolute atomic E-state index is 13.9. The van der Waals surface area contributed by atoms with E-state index in [-0.39, 0.29) is 11.4 Å². The Kier molecular flexibility index (Phi) is 3.94. The van der Waals surface area contributed by atoms with Gasteiger partial charge in [0.15, 0.2) is 11.6 Å². The Labute approximate surface area is 115 Å². The number of halogens is 1. The Bertz CT molecular complexity index is 639. The minimum atomic E-state index is -0.797. The molecule has 106 valence electrons. The molecule has 0 spiro atoms. The summed E-state index contributed by atoms with van der Waals surface area (Å²) in [4.78, 5) is 15.8. The smallest absolute Gasteiger partial charge is 0.258 e. The molecule has 0 saturated heterocycles. The predicted molar refractivity (Wildman–Crippen MR) is 72.5 cm³/mol. The summed E-state index contributed by atoms with van der Waals surface area (Å²) >= 11 is 0. The zero-order valence-corrected chi connectivity index (χ0v) is 11.1. The van der Waals surface area contributed by atoms with Gasteiger partial charge >= 0.3 is 0 Å². The zero-order valence-electron chi connectivity index (χ0n) is 11.1. The standard InChI is InChI=1S/C12H15FN6O/c1-3-8-9(6-19(2)18-8)16-12(20)7-4-5-15-11(17-14)10(7)13/h4-6H,3,14H2,1-2H3,(H,15,17)(H,16,20). The zero-order chi connectivity index (χ0) is 14.7. The molecule has 0 aliphatic rings. The predicted octanol–water partition coefficient (Wildman–Crippen LogP) is 1.05. The summed E-state index contributed by atoms with van der Waals surface area (Å²) in [6.07, 6.45) is 3.62. The molecule has 0 fully saturated rings. The van der Waals surface area contributed by atoms with Crippen molar-refractivity contribution in [1.82, 2.24) is 14.8 Å². The lowest BCUT2D eigenvalue weighted by Gasteiger charge is -2.07. The van der Waals surface area contributed by atoms with E-state index in [2.05, 4.69) is 20.8 Å². The number of nitrogens with one attached hydrogen (secondary N) is 2. The molecule has 2 rings (SSSR count). The molecule has 0 radical (unpaired) electrons. The van der Waals surface area contributed by atoms with Gasteiger partial charge in [0, 0.05) is 19.4 Å². The first kappa shape index (κ1) is 13.9. The number of rotatable bonds is 4. The van der Waals surface area contributed by atoms with Crippen LogP contribution in [0.3, 0.4) is 0 Å². The first-order valence-corrected chi connectivity index (χ1v) is 6.01. The number of amides is 1. The molecule has 0 unspecified atom stereocenters. The number of hydrogen-bond donors (Lipinski definition) is 3. The normalized spacial score (nSPS) is 10.4. The third-order valence-corrected chi connectivity index (χ3v) is 2.76. The first-order valence-electron chi connectivity index (χ1n) is 6.01. The minimum absolute atomic E-state index is 0.140. The highest BCUT2D eigenvalue weighted by Gasteiger charge is 2.17. The quantitative estimate of drug-likeness (QED) is 0.573. The van der Waals surface area contributed by atoms with Crippen LogP contribution >= 0.6 is 0 Å². The molecule has 2 aromatic heterocycles. The number of carbonyl (C=O) groups is 1. The third kappa shape index (κ3) is 2.59. The molecular formula is C12H15FN6O. The summed E-state index contributed by atoms with van der Waals surface area (Å²) in [6, 6.07) is 1.29. The molecule has 7 nitrogen and oxygen atoms in total. The van der Waals surface area contributed by atoms with Crippen molar-refractivity contribution in [2.75, 3.05) is 10.7 Å². The van der Waals surface area contributed by atoms with Gasteiger partial charge in [0.05, 0.1) is 16.9 Å². The van der Waals surface area contributed by atoms with Gasteiger partial charge in [0.2, 0.25) is 0 Å². The van der Waals surface area contributed by atoms with Gasteiger partial charge in [-0.15, -0.1) is 0 Å². The fourth-order valence-electron chi connectivity index (χ4n) is 1.81. The molecule has 1 amide bonds. The van der Waals surface area contributed by atoms with E-state index in [9.17, 15) is 9.18 Å². The lowest BCUT2D eigenvalue weighted by atomic mass is 10.2. The van der Waals surface area contributed by atoms with Crippen LogP contribution in [0.25, 0.3) is 0 Å². The van der Waals surface area contributed by atoms with Gasteiger partial charge in [-0.25, -0.2) is 15.2 Å². The Morgan fingerprint density at radius 1 is 1.55 bits per heavy atom. The number of hydrogen-bond acceptors (Lipinski definition) is 5. The van der Waals surface area contributed by atoms with Crippen molar-refractivity contribution in [3.05, 3.63) is 35.5 Å². The van der Waals surface area contributed by atoms with Gasteiger partial charge < -0.3 is 10.7 Å². The average Bonchev–Trinajstić information content (AvgIpc) is 2.78. The third-order valence-electron chi connectivity index (χ3n) is 2.76. The second-order valence-electron chi connectivity index (χ2n) is 4.14. The van der Waals surface area contributed by atoms with Crippen LogP contribution in [0.4, 0.5) is 15.9 Å². The van der Waals surface area contributed by atoms with Crippen LogP contribution in [0.15, 0.2) is 18.5 Å². The lowest BCUT2D eigenvalue weighted by Crippen LogP contribution is -2.17. The molecule has 4 N–H and O–H groups in total. The summed E-state index contributed by atoms with van der Waals surface area (Å²) in [5.74, 6) is 3.57. The summed E-state index contributed by atoms with van der Waals surface area (Å²) < 4.78 is 15.5. The Balaban J connectivity index is 2.28. The second-order valence-corrected chi connectivity index (χ2v) is 4.14. The molecule has 0 saturated carbocycles. The van der Waals surface area contributed by atoms with Crippen LogP contribution in [0.5, 0.6) is 0 Å². The van der Waals surface area contributed by atoms with Crippen molar-refractivity contribution in [2.24, 2.45) is 12.9 Å². The summed E-state index contributed by atoms with van der Waals surface area (Å²) in [5.41, 5.74) is 3.24. The highest BCUT2D eigenvalue weighted by Crippen LogP contribution is 2.18. The maximum atomic E-state index is 13.9. The molecule has 0 aliphatic carbocycles. The van der Waals surface area contributed by atoms with Crippen molar-refractivity contribution in [3.63, 3.8) is 0 Å². The molecule has 0 aliphatic heterocycles. The van der Waals surface area contributed by atoms with Crippen LogP contribution < -0.4 is 16.6 Å². The summed E-state index contributed by atoms with van der Waals surface area (Å²) in [7, 11) is 1.75. The van der Waals surface area contributed by atoms with Crippen LogP contribution in [0.1, 0.15) is 23.0 Å². The number of nitrogen functional groups attached to an aromatic ring is 1. The van der Waals surface area contributed by atoms with Crippen LogP contribution in [0.2, 0.25) is 0 Å². The highest BCUT2D eigenvalue weighted by molar-refractivity contribution is 6.05. The first-order chi connectivity index (χ1) is 9.56. The largest absolute Gasteiger partial charge is 0.319 e. The van der Waals surface area contributed by atoms with Crippen molar-refractivity contribution in [3.8, 4) is 0 Å². The van der Waals surface area contributed by atoms with Crippen molar-refractivity contribution < 1.29 is 9.18 Å². The van der Waals surface area contributed by atoms with Gasteiger partial charge in [-0.3, -0.25) is 9.48 Å². The van der Waals surface area contributed by atoms with Gasteiger partial charge in [-0.2, -0.15) is 5.10 Å². The van der Waals surface area contributed by atoms with E-state index < -0.39 is 11.7 Å². The monoisotopic (exact) mass is 278 g/mol. The second kappa shape index (κ2) is 5.66. The van der Waals surface area contributed by atoms with Crippen LogP contribution in [-0.2, 0) is 13.5 Å². The number of aromatic nitrogens is 3. The maximum Gasteiger partial charge on any atom is 0.258 e. The van der Waals surface area contributed by atoms with Gasteiger partial charge in [-0.1, -0.05) is 6.92 Å². The van der Waals surface area contributed by atoms with Crippen molar-refractivity contribution in [2.45, 2.75) is 13.3 Å². The Morgan fingerprint density at radius 3 is 2.95 bits per heavy atom. The van der Waals surface area contributed by atoms with E-state index in [1.165, 1.54) is 12.3 Å². The van der Waals surface area contributed by atoms with E-state index in [0.29, 0.717) is 12.1 Å². The molecule has 2 aromatic rings.